The molecule has 0 radical (unpaired) electrons. The lowest BCUT2D eigenvalue weighted by atomic mass is 9.82. The van der Waals surface area contributed by atoms with Crippen molar-refractivity contribution in [3.63, 3.8) is 0 Å². The Hall–Kier alpha value is -3.18. The molecule has 200 valence electrons. The number of H-pyrrole nitrogens is 1. The zero-order valence-electron chi connectivity index (χ0n) is 20.9. The highest BCUT2D eigenvalue weighted by Crippen LogP contribution is 2.38. The van der Waals surface area contributed by atoms with Crippen LogP contribution >= 0.6 is 11.3 Å². The van der Waals surface area contributed by atoms with Crippen molar-refractivity contribution < 1.29 is 23.2 Å². The van der Waals surface area contributed by atoms with Crippen LogP contribution in [0.5, 0.6) is 0 Å². The van der Waals surface area contributed by atoms with E-state index in [0.717, 1.165) is 18.5 Å². The number of ketones is 1. The molecule has 0 atom stereocenters. The average Bonchev–Trinajstić information content (AvgIpc) is 3.57. The topological polar surface area (TPSA) is 89.6 Å². The molecule has 38 heavy (non-hydrogen) atoms. The monoisotopic (exact) mass is 541 g/mol. The number of likely N-dealkylation sites (tertiary alicyclic amines) is 1. The Morgan fingerprint density at radius 2 is 1.74 bits per heavy atom. The molecule has 3 aromatic rings. The van der Waals surface area contributed by atoms with Crippen molar-refractivity contribution in [2.24, 2.45) is 5.92 Å². The van der Waals surface area contributed by atoms with E-state index in [9.17, 15) is 23.2 Å². The minimum Gasteiger partial charge on any atom is -0.360 e. The lowest BCUT2D eigenvalue weighted by Crippen LogP contribution is -2.64. The first-order valence-corrected chi connectivity index (χ1v) is 13.9. The van der Waals surface area contributed by atoms with Gasteiger partial charge in [0.05, 0.1) is 0 Å². The van der Waals surface area contributed by atoms with Gasteiger partial charge in [0.25, 0.3) is 11.8 Å². The number of alkyl halides is 2. The largest absolute Gasteiger partial charge is 0.360 e. The van der Waals surface area contributed by atoms with E-state index in [0.29, 0.717) is 47.8 Å². The maximum atomic E-state index is 13.5. The average molecular weight is 542 g/mol. The fraction of sp³-hybridized carbons (Fsp3) is 0.481. The van der Waals surface area contributed by atoms with Crippen LogP contribution in [0.25, 0.3) is 10.9 Å². The first-order valence-electron chi connectivity index (χ1n) is 13.0. The Kier molecular flexibility index (Phi) is 6.51. The summed E-state index contributed by atoms with van der Waals surface area (Å²) in [7, 11) is 0. The third-order valence-corrected chi connectivity index (χ3v) is 8.93. The first-order chi connectivity index (χ1) is 18.3. The van der Waals surface area contributed by atoms with Crippen molar-refractivity contribution in [2.45, 2.75) is 37.6 Å². The Morgan fingerprint density at radius 3 is 2.42 bits per heavy atom. The van der Waals surface area contributed by atoms with Gasteiger partial charge in [-0.05, 0) is 25.0 Å². The summed E-state index contributed by atoms with van der Waals surface area (Å²) in [6, 6.07) is 5.55. The van der Waals surface area contributed by atoms with Crippen LogP contribution in [0, 0.1) is 5.92 Å². The molecule has 2 amide bonds. The smallest absolute Gasteiger partial charge is 0.282 e. The maximum absolute atomic E-state index is 13.5. The lowest BCUT2D eigenvalue weighted by molar-refractivity contribution is -0.0424. The Balaban J connectivity index is 1.03. The minimum absolute atomic E-state index is 0.0186. The summed E-state index contributed by atoms with van der Waals surface area (Å²) >= 11 is 1.35. The molecule has 3 fully saturated rings. The minimum atomic E-state index is -2.67. The second-order valence-corrected chi connectivity index (χ2v) is 11.4. The SMILES string of the molecule is O=C(c1c[nH]c2cc(C(=O)N3CC(N4CCN(C(=O)c5nccs5)CC4)C3)ccc12)C1CCC(F)(F)CC1. The van der Waals surface area contributed by atoms with E-state index in [-0.39, 0.29) is 55.2 Å². The molecule has 1 aromatic carbocycles. The van der Waals surface area contributed by atoms with E-state index in [4.69, 9.17) is 0 Å². The molecule has 6 rings (SSSR count). The zero-order valence-corrected chi connectivity index (χ0v) is 21.7. The van der Waals surface area contributed by atoms with Crippen molar-refractivity contribution in [3.8, 4) is 0 Å². The number of fused-ring (bicyclic) bond motifs is 1. The van der Waals surface area contributed by atoms with Crippen LogP contribution in [-0.2, 0) is 0 Å². The van der Waals surface area contributed by atoms with Crippen molar-refractivity contribution in [1.29, 1.82) is 0 Å². The van der Waals surface area contributed by atoms with E-state index in [1.54, 1.807) is 36.0 Å². The van der Waals surface area contributed by atoms with Crippen LogP contribution < -0.4 is 0 Å². The molecule has 11 heteroatoms. The second-order valence-electron chi connectivity index (χ2n) is 10.5. The van der Waals surface area contributed by atoms with Gasteiger partial charge in [0, 0.05) is 104 Å². The summed E-state index contributed by atoms with van der Waals surface area (Å²) in [6.45, 7) is 4.12. The molecule has 4 heterocycles. The fourth-order valence-electron chi connectivity index (χ4n) is 5.77. The molecule has 1 saturated carbocycles. The number of thiazole rings is 1. The molecule has 0 bridgehead atoms. The van der Waals surface area contributed by atoms with Gasteiger partial charge in [-0.3, -0.25) is 19.3 Å². The summed E-state index contributed by atoms with van der Waals surface area (Å²) in [5, 5.41) is 3.04. The predicted molar refractivity (Wildman–Crippen MR) is 139 cm³/mol. The molecule has 1 aliphatic carbocycles. The third-order valence-electron chi connectivity index (χ3n) is 8.16. The summed E-state index contributed by atoms with van der Waals surface area (Å²) in [6.07, 6.45) is 3.17. The molecular formula is C27H29F2N5O3S. The second kappa shape index (κ2) is 9.85. The standard InChI is InChI=1S/C27H29F2N5O3S/c28-27(29)5-3-17(4-6-27)23(35)21-14-31-22-13-18(1-2-20(21)22)25(36)34-15-19(16-34)32-8-10-33(11-9-32)26(37)24-30-7-12-38-24/h1-2,7,12-14,17,19,31H,3-6,8-11,15-16H2. The molecule has 1 N–H and O–H groups in total. The fourth-order valence-corrected chi connectivity index (χ4v) is 6.38. The van der Waals surface area contributed by atoms with Crippen molar-refractivity contribution in [1.82, 2.24) is 24.7 Å². The van der Waals surface area contributed by atoms with E-state index >= 15 is 0 Å². The van der Waals surface area contributed by atoms with Gasteiger partial charge in [-0.15, -0.1) is 11.3 Å². The normalized spacial score (nSPS) is 21.0. The number of piperazine rings is 1. The zero-order chi connectivity index (χ0) is 26.4. The predicted octanol–water partition coefficient (Wildman–Crippen LogP) is 3.92. The number of carbonyl (C=O) groups excluding carboxylic acids is 3. The first kappa shape index (κ1) is 25.1. The number of aromatic amines is 1. The quantitative estimate of drug-likeness (QED) is 0.495. The molecule has 8 nitrogen and oxygen atoms in total. The van der Waals surface area contributed by atoms with Gasteiger partial charge >= 0.3 is 0 Å². The highest BCUT2D eigenvalue weighted by Gasteiger charge is 2.39. The summed E-state index contributed by atoms with van der Waals surface area (Å²) in [5.41, 5.74) is 1.75. The van der Waals surface area contributed by atoms with Gasteiger partial charge in [0.1, 0.15) is 0 Å². The van der Waals surface area contributed by atoms with Crippen molar-refractivity contribution in [2.75, 3.05) is 39.3 Å². The number of rotatable bonds is 5. The van der Waals surface area contributed by atoms with Gasteiger partial charge in [-0.2, -0.15) is 0 Å². The number of aromatic nitrogens is 2. The van der Waals surface area contributed by atoms with Crippen LogP contribution in [0.2, 0.25) is 0 Å². The lowest BCUT2D eigenvalue weighted by Gasteiger charge is -2.48. The van der Waals surface area contributed by atoms with E-state index in [1.165, 1.54) is 11.3 Å². The summed E-state index contributed by atoms with van der Waals surface area (Å²) in [5.74, 6) is -3.24. The van der Waals surface area contributed by atoms with Crippen LogP contribution in [0.15, 0.2) is 36.0 Å². The van der Waals surface area contributed by atoms with E-state index in [1.807, 2.05) is 9.80 Å². The number of nitrogens with one attached hydrogen (secondary N) is 1. The summed E-state index contributed by atoms with van der Waals surface area (Å²) in [4.78, 5) is 51.8. The van der Waals surface area contributed by atoms with Gasteiger partial charge in [-0.1, -0.05) is 6.07 Å². The number of halogens is 2. The highest BCUT2D eigenvalue weighted by molar-refractivity contribution is 7.11. The highest BCUT2D eigenvalue weighted by atomic mass is 32.1. The summed E-state index contributed by atoms with van der Waals surface area (Å²) < 4.78 is 27.0. The van der Waals surface area contributed by atoms with E-state index in [2.05, 4.69) is 14.9 Å². The van der Waals surface area contributed by atoms with E-state index < -0.39 is 5.92 Å². The number of carbonyl (C=O) groups is 3. The Morgan fingerprint density at radius 1 is 1.00 bits per heavy atom. The van der Waals surface area contributed by atoms with Crippen LogP contribution in [0.1, 0.15) is 56.2 Å². The maximum Gasteiger partial charge on any atom is 0.282 e. The van der Waals surface area contributed by atoms with Gasteiger partial charge in [0.2, 0.25) is 5.92 Å². The van der Waals surface area contributed by atoms with Gasteiger partial charge in [-0.25, -0.2) is 13.8 Å². The number of hydrogen-bond acceptors (Lipinski definition) is 6. The third kappa shape index (κ3) is 4.73. The number of hydrogen-bond donors (Lipinski definition) is 1. The molecule has 2 saturated heterocycles. The number of Topliss-reactive ketones (excluding diaryl/α,β-unsaturated/α-hetero) is 1. The number of nitrogens with zero attached hydrogens (tertiary/aromatic N) is 4. The number of benzene rings is 1. The van der Waals surface area contributed by atoms with Crippen LogP contribution in [-0.4, -0.2) is 93.5 Å². The molecule has 0 spiro atoms. The van der Waals surface area contributed by atoms with Gasteiger partial charge in [0.15, 0.2) is 10.8 Å². The van der Waals surface area contributed by atoms with Gasteiger partial charge < -0.3 is 14.8 Å². The molecule has 2 aromatic heterocycles. The molecule has 0 unspecified atom stereocenters. The molecular weight excluding hydrogens is 512 g/mol. The Labute approximate surface area is 222 Å². The van der Waals surface area contributed by atoms with Crippen LogP contribution in [0.3, 0.4) is 0 Å². The molecule has 2 aliphatic heterocycles. The number of amides is 2. The van der Waals surface area contributed by atoms with Crippen LogP contribution in [0.4, 0.5) is 8.78 Å². The molecule has 3 aliphatic rings. The Bertz CT molecular complexity index is 1350. The van der Waals surface area contributed by atoms with Crippen molar-refractivity contribution >= 4 is 39.8 Å². The van der Waals surface area contributed by atoms with Crippen molar-refractivity contribution in [3.05, 3.63) is 52.1 Å².